The fraction of sp³-hybridized carbons (Fsp3) is 0.550. The molecule has 0 radical (unpaired) electrons. The highest BCUT2D eigenvalue weighted by molar-refractivity contribution is 5.33. The molecule has 0 bridgehead atoms. The topological polar surface area (TPSA) is 39.5 Å². The fourth-order valence-electron chi connectivity index (χ4n) is 4.60. The van der Waals surface area contributed by atoms with Crippen LogP contribution in [0.2, 0.25) is 0 Å². The quantitative estimate of drug-likeness (QED) is 0.822. The first-order valence-electron chi connectivity index (χ1n) is 9.25. The molecule has 26 heavy (non-hydrogen) atoms. The lowest BCUT2D eigenvalue weighted by Crippen LogP contribution is -2.51. The Bertz CT molecular complexity index is 765. The Hall–Kier alpha value is -1.76. The second-order valence-electron chi connectivity index (χ2n) is 7.38. The maximum absolute atomic E-state index is 14.0. The first-order valence-corrected chi connectivity index (χ1v) is 9.25. The Balaban J connectivity index is 1.52. The molecular formula is C20H26FN3O2. The van der Waals surface area contributed by atoms with E-state index in [1.807, 2.05) is 25.6 Å². The van der Waals surface area contributed by atoms with E-state index in [9.17, 15) is 4.39 Å². The zero-order chi connectivity index (χ0) is 18.1. The van der Waals surface area contributed by atoms with Crippen LogP contribution in [0.4, 0.5) is 4.39 Å². The van der Waals surface area contributed by atoms with Gasteiger partial charge in [-0.3, -0.25) is 4.90 Å². The van der Waals surface area contributed by atoms with Crippen molar-refractivity contribution in [2.75, 3.05) is 20.8 Å². The lowest BCUT2D eigenvalue weighted by molar-refractivity contribution is -0.0947. The molecule has 3 atom stereocenters. The van der Waals surface area contributed by atoms with Gasteiger partial charge in [-0.05, 0) is 37.8 Å². The van der Waals surface area contributed by atoms with Crippen molar-refractivity contribution in [3.8, 4) is 5.69 Å². The molecule has 0 spiro atoms. The molecule has 0 unspecified atom stereocenters. The van der Waals surface area contributed by atoms with Crippen molar-refractivity contribution in [3.05, 3.63) is 48.0 Å². The van der Waals surface area contributed by atoms with Crippen LogP contribution < -0.4 is 0 Å². The third-order valence-corrected chi connectivity index (χ3v) is 6.11. The second kappa shape index (κ2) is 7.10. The molecule has 0 amide bonds. The molecule has 2 aliphatic rings. The number of halogens is 1. The molecule has 1 aliphatic heterocycles. The third kappa shape index (κ3) is 3.06. The standard InChI is InChI=1S/C20H26FN3O2/c1-25-16-7-8-20(26-2)9-10-23(19(20)11-16)13-15-12-22-24(14-15)18-6-4-3-5-17(18)21/h3-6,12,14,16,19H,7-11,13H2,1-2H3/t16-,19-,20+/m0/s1. The average Bonchev–Trinajstić information content (AvgIpc) is 3.27. The highest BCUT2D eigenvalue weighted by Crippen LogP contribution is 2.43. The van der Waals surface area contributed by atoms with Gasteiger partial charge in [0.05, 0.1) is 17.9 Å². The molecule has 2 aromatic rings. The summed E-state index contributed by atoms with van der Waals surface area (Å²) in [5.74, 6) is -0.267. The van der Waals surface area contributed by atoms with Crippen LogP contribution in [0.3, 0.4) is 0 Å². The van der Waals surface area contributed by atoms with Crippen molar-refractivity contribution in [2.45, 2.75) is 50.0 Å². The van der Waals surface area contributed by atoms with E-state index in [4.69, 9.17) is 9.47 Å². The summed E-state index contributed by atoms with van der Waals surface area (Å²) in [5, 5.41) is 4.36. The summed E-state index contributed by atoms with van der Waals surface area (Å²) >= 11 is 0. The number of hydrogen-bond donors (Lipinski definition) is 0. The molecule has 4 rings (SSSR count). The molecule has 2 fully saturated rings. The van der Waals surface area contributed by atoms with Crippen LogP contribution in [-0.4, -0.2) is 53.2 Å². The van der Waals surface area contributed by atoms with Gasteiger partial charge in [0.15, 0.2) is 0 Å². The minimum Gasteiger partial charge on any atom is -0.381 e. The number of rotatable bonds is 5. The maximum Gasteiger partial charge on any atom is 0.148 e. The number of fused-ring (bicyclic) bond motifs is 1. The summed E-state index contributed by atoms with van der Waals surface area (Å²) in [6.07, 6.45) is 8.18. The van der Waals surface area contributed by atoms with Crippen LogP contribution in [0.25, 0.3) is 5.69 Å². The first kappa shape index (κ1) is 17.6. The number of methoxy groups -OCH3 is 2. The van der Waals surface area contributed by atoms with E-state index in [-0.39, 0.29) is 11.4 Å². The largest absolute Gasteiger partial charge is 0.381 e. The average molecular weight is 359 g/mol. The molecule has 1 saturated carbocycles. The monoisotopic (exact) mass is 359 g/mol. The molecular weight excluding hydrogens is 333 g/mol. The molecule has 1 saturated heterocycles. The van der Waals surface area contributed by atoms with Crippen molar-refractivity contribution in [3.63, 3.8) is 0 Å². The zero-order valence-corrected chi connectivity index (χ0v) is 15.4. The molecule has 1 aromatic carbocycles. The van der Waals surface area contributed by atoms with Gasteiger partial charge in [0, 0.05) is 45.1 Å². The Morgan fingerprint density at radius 3 is 2.88 bits per heavy atom. The Kier molecular flexibility index (Phi) is 4.82. The van der Waals surface area contributed by atoms with E-state index >= 15 is 0 Å². The van der Waals surface area contributed by atoms with Gasteiger partial charge >= 0.3 is 0 Å². The number of aromatic nitrogens is 2. The SMILES string of the molecule is CO[C@H]1CC[C@@]2(OC)CCN(Cc3cnn(-c4ccccc4F)c3)[C@H]2C1. The lowest BCUT2D eigenvalue weighted by Gasteiger charge is -2.43. The van der Waals surface area contributed by atoms with E-state index in [1.165, 1.54) is 6.07 Å². The molecule has 6 heteroatoms. The smallest absolute Gasteiger partial charge is 0.148 e. The summed E-state index contributed by atoms with van der Waals surface area (Å²) in [5.41, 5.74) is 1.50. The van der Waals surface area contributed by atoms with Gasteiger partial charge in [0.2, 0.25) is 0 Å². The fourth-order valence-corrected chi connectivity index (χ4v) is 4.60. The van der Waals surface area contributed by atoms with Crippen LogP contribution in [-0.2, 0) is 16.0 Å². The number of ether oxygens (including phenoxy) is 2. The molecule has 140 valence electrons. The number of hydrogen-bond acceptors (Lipinski definition) is 4. The molecule has 0 N–H and O–H groups in total. The van der Waals surface area contributed by atoms with Crippen molar-refractivity contribution >= 4 is 0 Å². The molecule has 2 heterocycles. The van der Waals surface area contributed by atoms with Crippen LogP contribution >= 0.6 is 0 Å². The van der Waals surface area contributed by atoms with Crippen molar-refractivity contribution in [1.29, 1.82) is 0 Å². The van der Waals surface area contributed by atoms with Crippen molar-refractivity contribution in [1.82, 2.24) is 14.7 Å². The van der Waals surface area contributed by atoms with Gasteiger partial charge in [0.1, 0.15) is 11.5 Å². The minimum absolute atomic E-state index is 0.0590. The van der Waals surface area contributed by atoms with E-state index in [2.05, 4.69) is 10.00 Å². The Morgan fingerprint density at radius 2 is 2.12 bits per heavy atom. The number of para-hydroxylation sites is 1. The third-order valence-electron chi connectivity index (χ3n) is 6.11. The van der Waals surface area contributed by atoms with Crippen molar-refractivity contribution < 1.29 is 13.9 Å². The normalized spacial score (nSPS) is 29.0. The van der Waals surface area contributed by atoms with Gasteiger partial charge in [-0.15, -0.1) is 0 Å². The molecule has 1 aliphatic carbocycles. The van der Waals surface area contributed by atoms with E-state index in [1.54, 1.807) is 23.9 Å². The van der Waals surface area contributed by atoms with Crippen molar-refractivity contribution in [2.24, 2.45) is 0 Å². The Morgan fingerprint density at radius 1 is 1.27 bits per heavy atom. The van der Waals surface area contributed by atoms with Gasteiger partial charge in [-0.1, -0.05) is 12.1 Å². The number of nitrogens with zero attached hydrogens (tertiary/aromatic N) is 3. The Labute approximate surface area is 153 Å². The summed E-state index contributed by atoms with van der Waals surface area (Å²) in [7, 11) is 3.63. The van der Waals surface area contributed by atoms with E-state index in [0.717, 1.165) is 44.3 Å². The minimum atomic E-state index is -0.267. The summed E-state index contributed by atoms with van der Waals surface area (Å²) in [6, 6.07) is 7.05. The van der Waals surface area contributed by atoms with Crippen LogP contribution in [0.15, 0.2) is 36.7 Å². The molecule has 1 aromatic heterocycles. The first-order chi connectivity index (χ1) is 12.6. The van der Waals surface area contributed by atoms with Gasteiger partial charge in [0.25, 0.3) is 0 Å². The van der Waals surface area contributed by atoms with Crippen LogP contribution in [0, 0.1) is 5.82 Å². The van der Waals surface area contributed by atoms with Crippen LogP contribution in [0.5, 0.6) is 0 Å². The van der Waals surface area contributed by atoms with Gasteiger partial charge < -0.3 is 9.47 Å². The maximum atomic E-state index is 14.0. The summed E-state index contributed by atoms with van der Waals surface area (Å²) < 4.78 is 27.2. The summed E-state index contributed by atoms with van der Waals surface area (Å²) in [4.78, 5) is 2.47. The van der Waals surface area contributed by atoms with Crippen LogP contribution in [0.1, 0.15) is 31.2 Å². The predicted octanol–water partition coefficient (Wildman–Crippen LogP) is 3.17. The number of benzene rings is 1. The lowest BCUT2D eigenvalue weighted by atomic mass is 9.79. The summed E-state index contributed by atoms with van der Waals surface area (Å²) in [6.45, 7) is 1.79. The predicted molar refractivity (Wildman–Crippen MR) is 96.7 cm³/mol. The highest BCUT2D eigenvalue weighted by Gasteiger charge is 2.51. The van der Waals surface area contributed by atoms with Gasteiger partial charge in [-0.25, -0.2) is 9.07 Å². The van der Waals surface area contributed by atoms with Gasteiger partial charge in [-0.2, -0.15) is 5.10 Å². The van der Waals surface area contributed by atoms with E-state index in [0.29, 0.717) is 17.8 Å². The highest BCUT2D eigenvalue weighted by atomic mass is 19.1. The van der Waals surface area contributed by atoms with E-state index < -0.39 is 0 Å². The second-order valence-corrected chi connectivity index (χ2v) is 7.38. The molecule has 5 nitrogen and oxygen atoms in total. The number of likely N-dealkylation sites (tertiary alicyclic amines) is 1. The zero-order valence-electron chi connectivity index (χ0n) is 15.4.